The molecule has 0 aromatic heterocycles. The van der Waals surface area contributed by atoms with Gasteiger partial charge in [0, 0.05) is 38.1 Å². The number of benzene rings is 2. The molecule has 0 aliphatic carbocycles. The number of hydrogen-bond acceptors (Lipinski definition) is 7. The van der Waals surface area contributed by atoms with Crippen LogP contribution < -0.4 is 10.8 Å². The Hall–Kier alpha value is -2.67. The van der Waals surface area contributed by atoms with Gasteiger partial charge in [-0.15, -0.1) is 0 Å². The van der Waals surface area contributed by atoms with Gasteiger partial charge in [-0.05, 0) is 61.4 Å². The van der Waals surface area contributed by atoms with Gasteiger partial charge < -0.3 is 15.0 Å². The highest BCUT2D eigenvalue weighted by Gasteiger charge is 2.52. The second-order valence-corrected chi connectivity index (χ2v) is 10.3. The van der Waals surface area contributed by atoms with Crippen molar-refractivity contribution >= 4 is 27.1 Å². The van der Waals surface area contributed by atoms with E-state index < -0.39 is 32.2 Å². The highest BCUT2D eigenvalue weighted by Crippen LogP contribution is 2.36. The summed E-state index contributed by atoms with van der Waals surface area (Å²) >= 11 is 0. The predicted molar refractivity (Wildman–Crippen MR) is 119 cm³/mol. The Labute approximate surface area is 195 Å². The molecule has 0 bridgehead atoms. The number of carbonyl (C=O) groups is 1. The fourth-order valence-electron chi connectivity index (χ4n) is 3.93. The van der Waals surface area contributed by atoms with E-state index >= 15 is 0 Å². The minimum absolute atomic E-state index is 0.00298. The van der Waals surface area contributed by atoms with Gasteiger partial charge >= 0.3 is 6.18 Å². The maximum atomic E-state index is 13.5. The standard InChI is InChI=1S/C22H26F3N3O5S/c1-33-15-14-28-12-10-21(11-13-28,20(29)27-30)34(31,32)19-8-6-18(7-9-19)26-17-4-2-16(3-5-17)22(23,24)25/h2-9,26,30H,10-15H2,1H3,(H,27,29). The van der Waals surface area contributed by atoms with Gasteiger partial charge in [0.05, 0.1) is 17.1 Å². The maximum absolute atomic E-state index is 13.5. The predicted octanol–water partition coefficient (Wildman–Crippen LogP) is 3.21. The lowest BCUT2D eigenvalue weighted by molar-refractivity contribution is -0.137. The summed E-state index contributed by atoms with van der Waals surface area (Å²) in [6, 6.07) is 9.99. The van der Waals surface area contributed by atoms with Crippen molar-refractivity contribution in [3.05, 3.63) is 54.1 Å². The normalized spacial score (nSPS) is 16.7. The van der Waals surface area contributed by atoms with Crippen LogP contribution in [0, 0.1) is 0 Å². The Morgan fingerprint density at radius 2 is 1.59 bits per heavy atom. The minimum Gasteiger partial charge on any atom is -0.383 e. The average molecular weight is 502 g/mol. The van der Waals surface area contributed by atoms with Crippen LogP contribution in [0.15, 0.2) is 53.4 Å². The Kier molecular flexibility index (Phi) is 7.86. The summed E-state index contributed by atoms with van der Waals surface area (Å²) in [7, 11) is -2.61. The average Bonchev–Trinajstić information content (AvgIpc) is 2.82. The van der Waals surface area contributed by atoms with E-state index in [0.717, 1.165) is 12.1 Å². The van der Waals surface area contributed by atoms with Crippen molar-refractivity contribution in [2.75, 3.05) is 38.7 Å². The van der Waals surface area contributed by atoms with Crippen LogP contribution in [0.5, 0.6) is 0 Å². The molecule has 1 aliphatic rings. The molecule has 8 nitrogen and oxygen atoms in total. The number of hydroxylamine groups is 1. The number of anilines is 2. The van der Waals surface area contributed by atoms with Crippen LogP contribution in [-0.2, 0) is 25.5 Å². The molecule has 0 atom stereocenters. The van der Waals surface area contributed by atoms with Gasteiger partial charge in [-0.1, -0.05) is 0 Å². The van der Waals surface area contributed by atoms with Crippen molar-refractivity contribution in [2.45, 2.75) is 28.7 Å². The van der Waals surface area contributed by atoms with Crippen LogP contribution in [0.1, 0.15) is 18.4 Å². The number of nitrogens with one attached hydrogen (secondary N) is 2. The summed E-state index contributed by atoms with van der Waals surface area (Å²) in [5.74, 6) is -0.981. The van der Waals surface area contributed by atoms with E-state index in [4.69, 9.17) is 4.74 Å². The van der Waals surface area contributed by atoms with Crippen LogP contribution in [0.3, 0.4) is 0 Å². The van der Waals surface area contributed by atoms with Crippen molar-refractivity contribution < 1.29 is 36.3 Å². The van der Waals surface area contributed by atoms with Crippen molar-refractivity contribution in [3.63, 3.8) is 0 Å². The summed E-state index contributed by atoms with van der Waals surface area (Å²) in [5.41, 5.74) is 1.58. The number of methoxy groups -OCH3 is 1. The molecule has 2 aromatic rings. The molecule has 1 fully saturated rings. The molecule has 0 saturated carbocycles. The number of carbonyl (C=O) groups excluding carboxylic acids is 1. The van der Waals surface area contributed by atoms with Crippen molar-refractivity contribution in [1.82, 2.24) is 10.4 Å². The van der Waals surface area contributed by atoms with Crippen molar-refractivity contribution in [2.24, 2.45) is 0 Å². The highest BCUT2D eigenvalue weighted by molar-refractivity contribution is 7.93. The molecule has 0 spiro atoms. The monoisotopic (exact) mass is 501 g/mol. The van der Waals surface area contributed by atoms with Gasteiger partial charge in [-0.2, -0.15) is 13.2 Å². The zero-order chi connectivity index (χ0) is 25.0. The molecule has 1 amide bonds. The second-order valence-electron chi connectivity index (χ2n) is 8.00. The third-order valence-electron chi connectivity index (χ3n) is 5.97. The third kappa shape index (κ3) is 5.35. The SMILES string of the molecule is COCCN1CCC(C(=O)NO)(S(=O)(=O)c2ccc(Nc3ccc(C(F)(F)F)cc3)cc2)CC1. The lowest BCUT2D eigenvalue weighted by Crippen LogP contribution is -2.58. The summed E-state index contributed by atoms with van der Waals surface area (Å²) in [5, 5.41) is 12.2. The topological polar surface area (TPSA) is 108 Å². The van der Waals surface area contributed by atoms with Gasteiger partial charge in [0.25, 0.3) is 5.91 Å². The van der Waals surface area contributed by atoms with E-state index in [-0.39, 0.29) is 17.7 Å². The highest BCUT2D eigenvalue weighted by atomic mass is 32.2. The number of ether oxygens (including phenoxy) is 1. The number of sulfone groups is 1. The first-order chi connectivity index (χ1) is 16.0. The minimum atomic E-state index is -4.44. The van der Waals surface area contributed by atoms with Gasteiger partial charge in [-0.3, -0.25) is 10.0 Å². The van der Waals surface area contributed by atoms with Crippen LogP contribution in [0.2, 0.25) is 0 Å². The zero-order valence-electron chi connectivity index (χ0n) is 18.4. The van der Waals surface area contributed by atoms with Crippen molar-refractivity contribution in [1.29, 1.82) is 0 Å². The number of likely N-dealkylation sites (tertiary alicyclic amines) is 1. The molecular weight excluding hydrogens is 475 g/mol. The molecule has 186 valence electrons. The Morgan fingerprint density at radius 1 is 1.06 bits per heavy atom. The van der Waals surface area contributed by atoms with E-state index in [0.29, 0.717) is 37.6 Å². The molecule has 0 radical (unpaired) electrons. The van der Waals surface area contributed by atoms with Gasteiger partial charge in [0.2, 0.25) is 0 Å². The second kappa shape index (κ2) is 10.3. The lowest BCUT2D eigenvalue weighted by atomic mass is 9.95. The number of nitrogens with zero attached hydrogens (tertiary/aromatic N) is 1. The van der Waals surface area contributed by atoms with E-state index in [1.54, 1.807) is 7.11 Å². The molecule has 1 aliphatic heterocycles. The molecule has 12 heteroatoms. The molecule has 3 N–H and O–H groups in total. The van der Waals surface area contributed by atoms with Crippen LogP contribution in [0.4, 0.5) is 24.5 Å². The summed E-state index contributed by atoms with van der Waals surface area (Å²) in [6.45, 7) is 1.74. The summed E-state index contributed by atoms with van der Waals surface area (Å²) < 4.78 is 68.3. The number of rotatable bonds is 8. The first-order valence-corrected chi connectivity index (χ1v) is 12.0. The molecule has 2 aromatic carbocycles. The van der Waals surface area contributed by atoms with E-state index in [1.807, 2.05) is 4.90 Å². The first kappa shape index (κ1) is 25.9. The van der Waals surface area contributed by atoms with E-state index in [9.17, 15) is 31.6 Å². The molecule has 34 heavy (non-hydrogen) atoms. The summed E-state index contributed by atoms with van der Waals surface area (Å²) in [6.07, 6.45) is -4.45. The first-order valence-electron chi connectivity index (χ1n) is 10.5. The summed E-state index contributed by atoms with van der Waals surface area (Å²) in [4.78, 5) is 14.4. The number of piperidine rings is 1. The fourth-order valence-corrected chi connectivity index (χ4v) is 5.89. The quantitative estimate of drug-likeness (QED) is 0.377. The maximum Gasteiger partial charge on any atom is 0.416 e. The van der Waals surface area contributed by atoms with E-state index in [2.05, 4.69) is 5.32 Å². The van der Waals surface area contributed by atoms with Crippen LogP contribution >= 0.6 is 0 Å². The van der Waals surface area contributed by atoms with Gasteiger partial charge in [-0.25, -0.2) is 13.9 Å². The van der Waals surface area contributed by atoms with Gasteiger partial charge in [0.15, 0.2) is 14.6 Å². The fraction of sp³-hybridized carbons (Fsp3) is 0.409. The molecule has 3 rings (SSSR count). The smallest absolute Gasteiger partial charge is 0.383 e. The number of hydrogen-bond donors (Lipinski definition) is 3. The Balaban J connectivity index is 1.79. The lowest BCUT2D eigenvalue weighted by Gasteiger charge is -2.39. The molecule has 1 heterocycles. The Morgan fingerprint density at radius 3 is 2.06 bits per heavy atom. The third-order valence-corrected chi connectivity index (χ3v) is 8.49. The molecular formula is C22H26F3N3O5S. The Bertz CT molecular complexity index is 1080. The van der Waals surface area contributed by atoms with Gasteiger partial charge in [0.1, 0.15) is 0 Å². The number of amides is 1. The number of alkyl halides is 3. The molecule has 0 unspecified atom stereocenters. The molecule has 1 saturated heterocycles. The van der Waals surface area contributed by atoms with Crippen molar-refractivity contribution in [3.8, 4) is 0 Å². The largest absolute Gasteiger partial charge is 0.416 e. The van der Waals surface area contributed by atoms with E-state index in [1.165, 1.54) is 41.9 Å². The van der Waals surface area contributed by atoms with Crippen LogP contribution in [0.25, 0.3) is 0 Å². The van der Waals surface area contributed by atoms with Crippen LogP contribution in [-0.4, -0.2) is 62.5 Å². The zero-order valence-corrected chi connectivity index (χ0v) is 19.2. The number of halogens is 3.